The van der Waals surface area contributed by atoms with Crippen LogP contribution in [-0.4, -0.2) is 15.3 Å². The third-order valence-electron chi connectivity index (χ3n) is 3.13. The molecule has 1 aromatic carbocycles. The fourth-order valence-corrected chi connectivity index (χ4v) is 2.24. The Kier molecular flexibility index (Phi) is 4.35. The van der Waals surface area contributed by atoms with E-state index in [2.05, 4.69) is 79.2 Å². The normalized spacial score (nSPS) is 11.9. The van der Waals surface area contributed by atoms with Crippen molar-refractivity contribution in [1.29, 1.82) is 0 Å². The van der Waals surface area contributed by atoms with Crippen LogP contribution in [0.3, 0.4) is 0 Å². The summed E-state index contributed by atoms with van der Waals surface area (Å²) >= 11 is 3.60. The van der Waals surface area contributed by atoms with Crippen LogP contribution in [0, 0.1) is 13.8 Å². The van der Waals surface area contributed by atoms with Crippen LogP contribution in [0.4, 0.5) is 0 Å². The van der Waals surface area contributed by atoms with Gasteiger partial charge in [0.25, 0.3) is 0 Å². The van der Waals surface area contributed by atoms with Gasteiger partial charge in [0, 0.05) is 22.8 Å². The molecule has 0 spiro atoms. The van der Waals surface area contributed by atoms with E-state index in [1.807, 2.05) is 10.9 Å². The van der Waals surface area contributed by atoms with Crippen molar-refractivity contribution in [3.63, 3.8) is 0 Å². The van der Waals surface area contributed by atoms with Crippen molar-refractivity contribution in [1.82, 2.24) is 15.1 Å². The Labute approximate surface area is 129 Å². The summed E-state index contributed by atoms with van der Waals surface area (Å²) in [6, 6.07) is 6.35. The molecule has 0 bridgehead atoms. The molecule has 20 heavy (non-hydrogen) atoms. The summed E-state index contributed by atoms with van der Waals surface area (Å²) in [5.74, 6) is 0. The molecule has 4 heteroatoms. The maximum absolute atomic E-state index is 4.63. The number of hydrogen-bond acceptors (Lipinski definition) is 2. The largest absolute Gasteiger partial charge is 0.306 e. The number of aryl methyl sites for hydroxylation is 2. The number of nitrogens with one attached hydrogen (secondary N) is 1. The lowest BCUT2D eigenvalue weighted by molar-refractivity contribution is 0.420. The fourth-order valence-electron chi connectivity index (χ4n) is 2.01. The van der Waals surface area contributed by atoms with Crippen molar-refractivity contribution in [2.75, 3.05) is 0 Å². The first-order valence-corrected chi connectivity index (χ1v) is 7.62. The van der Waals surface area contributed by atoms with E-state index in [-0.39, 0.29) is 5.54 Å². The molecule has 2 aromatic rings. The first kappa shape index (κ1) is 15.3. The maximum Gasteiger partial charge on any atom is 0.0767 e. The van der Waals surface area contributed by atoms with Gasteiger partial charge in [0.05, 0.1) is 11.4 Å². The fraction of sp³-hybridized carbons (Fsp3) is 0.438. The van der Waals surface area contributed by atoms with Crippen molar-refractivity contribution in [2.45, 2.75) is 46.7 Å². The van der Waals surface area contributed by atoms with E-state index in [0.717, 1.165) is 17.9 Å². The molecule has 0 aliphatic heterocycles. The highest BCUT2D eigenvalue weighted by Crippen LogP contribution is 2.24. The van der Waals surface area contributed by atoms with Crippen LogP contribution in [-0.2, 0) is 6.54 Å². The molecule has 108 valence electrons. The standard InChI is InChI=1S/C16H22BrN3/c1-11-8-14(9-12(2)15(11)17)20-7-6-13(19-20)10-18-16(3,4)5/h6-9,18H,10H2,1-5H3. The number of halogens is 1. The summed E-state index contributed by atoms with van der Waals surface area (Å²) in [6.07, 6.45) is 2.02. The Bertz CT molecular complexity index is 585. The molecule has 0 amide bonds. The molecule has 0 fully saturated rings. The Hall–Kier alpha value is -1.13. The predicted molar refractivity (Wildman–Crippen MR) is 87.3 cm³/mol. The summed E-state index contributed by atoms with van der Waals surface area (Å²) < 4.78 is 3.11. The molecule has 0 aliphatic carbocycles. The van der Waals surface area contributed by atoms with E-state index in [1.54, 1.807) is 0 Å². The highest BCUT2D eigenvalue weighted by molar-refractivity contribution is 9.10. The molecule has 0 atom stereocenters. The Morgan fingerprint density at radius 3 is 2.35 bits per heavy atom. The van der Waals surface area contributed by atoms with E-state index < -0.39 is 0 Å². The number of nitrogens with zero attached hydrogens (tertiary/aromatic N) is 2. The predicted octanol–water partition coefficient (Wildman–Crippen LogP) is 4.14. The number of hydrogen-bond donors (Lipinski definition) is 1. The molecule has 1 N–H and O–H groups in total. The highest BCUT2D eigenvalue weighted by atomic mass is 79.9. The minimum atomic E-state index is 0.106. The lowest BCUT2D eigenvalue weighted by atomic mass is 10.1. The van der Waals surface area contributed by atoms with E-state index in [9.17, 15) is 0 Å². The Balaban J connectivity index is 2.21. The quantitative estimate of drug-likeness (QED) is 0.913. The summed E-state index contributed by atoms with van der Waals surface area (Å²) in [5, 5.41) is 8.09. The molecule has 1 heterocycles. The zero-order valence-corrected chi connectivity index (χ0v) is 14.4. The van der Waals surface area contributed by atoms with E-state index >= 15 is 0 Å². The van der Waals surface area contributed by atoms with Crippen molar-refractivity contribution in [2.24, 2.45) is 0 Å². The molecule has 3 nitrogen and oxygen atoms in total. The van der Waals surface area contributed by atoms with Crippen LogP contribution in [0.25, 0.3) is 5.69 Å². The maximum atomic E-state index is 4.63. The summed E-state index contributed by atoms with van der Waals surface area (Å²) in [4.78, 5) is 0. The number of rotatable bonds is 3. The molecular formula is C16H22BrN3. The third-order valence-corrected chi connectivity index (χ3v) is 4.38. The van der Waals surface area contributed by atoms with Crippen LogP contribution < -0.4 is 5.32 Å². The van der Waals surface area contributed by atoms with E-state index in [1.165, 1.54) is 15.6 Å². The zero-order chi connectivity index (χ0) is 14.9. The lowest BCUT2D eigenvalue weighted by Crippen LogP contribution is -2.35. The SMILES string of the molecule is Cc1cc(-n2ccc(CNC(C)(C)C)n2)cc(C)c1Br. The van der Waals surface area contributed by atoms with Crippen molar-refractivity contribution in [3.05, 3.63) is 45.7 Å². The van der Waals surface area contributed by atoms with Gasteiger partial charge in [-0.05, 0) is 63.9 Å². The van der Waals surface area contributed by atoms with Crippen LogP contribution >= 0.6 is 15.9 Å². The minimum absolute atomic E-state index is 0.106. The van der Waals surface area contributed by atoms with Gasteiger partial charge in [-0.2, -0.15) is 5.10 Å². The topological polar surface area (TPSA) is 29.9 Å². The summed E-state index contributed by atoms with van der Waals surface area (Å²) in [7, 11) is 0. The van der Waals surface area contributed by atoms with Crippen molar-refractivity contribution < 1.29 is 0 Å². The van der Waals surface area contributed by atoms with Gasteiger partial charge in [-0.3, -0.25) is 0 Å². The molecule has 0 radical (unpaired) electrons. The van der Waals surface area contributed by atoms with E-state index in [4.69, 9.17) is 0 Å². The van der Waals surface area contributed by atoms with Gasteiger partial charge in [0.1, 0.15) is 0 Å². The minimum Gasteiger partial charge on any atom is -0.306 e. The Morgan fingerprint density at radius 1 is 1.20 bits per heavy atom. The molecule has 0 aliphatic rings. The molecule has 2 rings (SSSR count). The molecule has 0 saturated carbocycles. The molecule has 0 unspecified atom stereocenters. The zero-order valence-electron chi connectivity index (χ0n) is 12.8. The third kappa shape index (κ3) is 3.70. The first-order valence-electron chi connectivity index (χ1n) is 6.83. The summed E-state index contributed by atoms with van der Waals surface area (Å²) in [6.45, 7) is 11.5. The Morgan fingerprint density at radius 2 is 1.80 bits per heavy atom. The number of aromatic nitrogens is 2. The second-order valence-corrected chi connectivity index (χ2v) is 7.04. The van der Waals surface area contributed by atoms with E-state index in [0.29, 0.717) is 0 Å². The lowest BCUT2D eigenvalue weighted by Gasteiger charge is -2.19. The van der Waals surface area contributed by atoms with Gasteiger partial charge in [-0.15, -0.1) is 0 Å². The second kappa shape index (κ2) is 5.70. The molecular weight excluding hydrogens is 314 g/mol. The van der Waals surface area contributed by atoms with Crippen molar-refractivity contribution >= 4 is 15.9 Å². The monoisotopic (exact) mass is 335 g/mol. The molecule has 0 saturated heterocycles. The average molecular weight is 336 g/mol. The van der Waals surface area contributed by atoms with Crippen LogP contribution in [0.15, 0.2) is 28.9 Å². The second-order valence-electron chi connectivity index (χ2n) is 6.25. The van der Waals surface area contributed by atoms with Crippen LogP contribution in [0.1, 0.15) is 37.6 Å². The van der Waals surface area contributed by atoms with Gasteiger partial charge in [-0.25, -0.2) is 4.68 Å². The van der Waals surface area contributed by atoms with Gasteiger partial charge in [0.2, 0.25) is 0 Å². The highest BCUT2D eigenvalue weighted by Gasteiger charge is 2.10. The van der Waals surface area contributed by atoms with Gasteiger partial charge in [-0.1, -0.05) is 15.9 Å². The summed E-state index contributed by atoms with van der Waals surface area (Å²) in [5.41, 5.74) is 4.72. The average Bonchev–Trinajstić information content (AvgIpc) is 2.81. The van der Waals surface area contributed by atoms with Gasteiger partial charge < -0.3 is 5.32 Å². The van der Waals surface area contributed by atoms with Crippen LogP contribution in [0.2, 0.25) is 0 Å². The van der Waals surface area contributed by atoms with Crippen molar-refractivity contribution in [3.8, 4) is 5.69 Å². The number of benzene rings is 1. The van der Waals surface area contributed by atoms with Crippen LogP contribution in [0.5, 0.6) is 0 Å². The van der Waals surface area contributed by atoms with Gasteiger partial charge >= 0.3 is 0 Å². The van der Waals surface area contributed by atoms with Gasteiger partial charge in [0.15, 0.2) is 0 Å². The molecule has 1 aromatic heterocycles. The smallest absolute Gasteiger partial charge is 0.0767 e. The first-order chi connectivity index (χ1) is 9.26.